The predicted molar refractivity (Wildman–Crippen MR) is 85.7 cm³/mol. The summed E-state index contributed by atoms with van der Waals surface area (Å²) in [6, 6.07) is 0. The molecule has 3 rings (SSSR count). The van der Waals surface area contributed by atoms with Crippen molar-refractivity contribution in [2.75, 3.05) is 13.1 Å². The normalized spacial score (nSPS) is 20.6. The van der Waals surface area contributed by atoms with E-state index in [1.807, 2.05) is 0 Å². The van der Waals surface area contributed by atoms with Crippen LogP contribution in [0.5, 0.6) is 0 Å². The van der Waals surface area contributed by atoms with E-state index in [9.17, 15) is 22.8 Å². The third-order valence-electron chi connectivity index (χ3n) is 4.45. The summed E-state index contributed by atoms with van der Waals surface area (Å²) in [7, 11) is 1.73. The van der Waals surface area contributed by atoms with E-state index < -0.39 is 36.4 Å². The lowest BCUT2D eigenvalue weighted by atomic mass is 9.86. The molecule has 1 atom stereocenters. The first-order valence-electron chi connectivity index (χ1n) is 7.61. The van der Waals surface area contributed by atoms with Crippen LogP contribution in [0.4, 0.5) is 13.2 Å². The Hall–Kier alpha value is -2.43. The van der Waals surface area contributed by atoms with Gasteiger partial charge in [-0.1, -0.05) is 0 Å². The van der Waals surface area contributed by atoms with E-state index in [2.05, 4.69) is 10.1 Å². The van der Waals surface area contributed by atoms with Gasteiger partial charge in [0, 0.05) is 31.9 Å². The Bertz CT molecular complexity index is 876. The van der Waals surface area contributed by atoms with Gasteiger partial charge in [0.15, 0.2) is 5.41 Å². The molecule has 1 amide bonds. The maximum atomic E-state index is 13.3. The van der Waals surface area contributed by atoms with Crippen molar-refractivity contribution in [3.63, 3.8) is 0 Å². The standard InChI is InChI=1S/C15H15F3N4O3S/c1-8-10(26-11(20-8)9-5-19-21(2)6-9)12(23)22-4-3-14(7-22,13(24)25)15(16,17)18/h5-6H,3-4,7H2,1-2H3,(H,24,25). The molecule has 1 aliphatic heterocycles. The average molecular weight is 388 g/mol. The molecule has 0 spiro atoms. The zero-order valence-electron chi connectivity index (χ0n) is 13.9. The summed E-state index contributed by atoms with van der Waals surface area (Å²) in [5.74, 6) is -2.60. The number of carboxylic acid groups (broad SMARTS) is 1. The van der Waals surface area contributed by atoms with Crippen molar-refractivity contribution in [1.29, 1.82) is 0 Å². The van der Waals surface area contributed by atoms with Crippen molar-refractivity contribution < 1.29 is 27.9 Å². The molecule has 1 aliphatic rings. The first-order valence-corrected chi connectivity index (χ1v) is 8.42. The Morgan fingerprint density at radius 3 is 2.58 bits per heavy atom. The molecule has 2 aromatic heterocycles. The quantitative estimate of drug-likeness (QED) is 0.872. The number of amides is 1. The molecule has 0 aromatic carbocycles. The molecule has 7 nitrogen and oxygen atoms in total. The maximum absolute atomic E-state index is 13.3. The van der Waals surface area contributed by atoms with Gasteiger partial charge in [0.2, 0.25) is 0 Å². The number of thiazole rings is 1. The van der Waals surface area contributed by atoms with E-state index in [4.69, 9.17) is 5.11 Å². The molecule has 0 bridgehead atoms. The zero-order chi connectivity index (χ0) is 19.3. The number of aromatic nitrogens is 3. The van der Waals surface area contributed by atoms with Crippen LogP contribution in [0.3, 0.4) is 0 Å². The second kappa shape index (κ2) is 6.08. The molecule has 1 saturated heterocycles. The third-order valence-corrected chi connectivity index (χ3v) is 5.65. The fourth-order valence-electron chi connectivity index (χ4n) is 2.90. The summed E-state index contributed by atoms with van der Waals surface area (Å²) >= 11 is 1.05. The monoisotopic (exact) mass is 388 g/mol. The number of likely N-dealkylation sites (tertiary alicyclic amines) is 1. The van der Waals surface area contributed by atoms with E-state index in [0.717, 1.165) is 16.2 Å². The van der Waals surface area contributed by atoms with Gasteiger partial charge in [-0.3, -0.25) is 14.3 Å². The van der Waals surface area contributed by atoms with Crippen molar-refractivity contribution in [3.8, 4) is 10.6 Å². The van der Waals surface area contributed by atoms with E-state index in [1.54, 1.807) is 31.0 Å². The number of carboxylic acids is 1. The summed E-state index contributed by atoms with van der Waals surface area (Å²) in [6.45, 7) is 0.419. The third kappa shape index (κ3) is 2.85. The van der Waals surface area contributed by atoms with Gasteiger partial charge >= 0.3 is 12.1 Å². The smallest absolute Gasteiger partial charge is 0.406 e. The van der Waals surface area contributed by atoms with Gasteiger partial charge in [0.1, 0.15) is 9.88 Å². The van der Waals surface area contributed by atoms with Crippen molar-refractivity contribution in [1.82, 2.24) is 19.7 Å². The van der Waals surface area contributed by atoms with Gasteiger partial charge < -0.3 is 10.0 Å². The largest absolute Gasteiger partial charge is 0.481 e. The van der Waals surface area contributed by atoms with E-state index in [-0.39, 0.29) is 11.4 Å². The van der Waals surface area contributed by atoms with Gasteiger partial charge in [-0.05, 0) is 13.3 Å². The second-order valence-corrected chi connectivity index (χ2v) is 7.20. The molecular formula is C15H15F3N4O3S. The fraction of sp³-hybridized carbons (Fsp3) is 0.467. The number of aryl methyl sites for hydroxylation is 2. The minimum absolute atomic E-state index is 0.201. The highest BCUT2D eigenvalue weighted by molar-refractivity contribution is 7.17. The van der Waals surface area contributed by atoms with Crippen LogP contribution in [0.1, 0.15) is 21.8 Å². The number of nitrogens with zero attached hydrogens (tertiary/aromatic N) is 4. The first-order chi connectivity index (χ1) is 12.0. The number of alkyl halides is 3. The molecule has 140 valence electrons. The molecule has 0 saturated carbocycles. The van der Waals surface area contributed by atoms with Crippen molar-refractivity contribution in [2.45, 2.75) is 19.5 Å². The molecule has 3 heterocycles. The summed E-state index contributed by atoms with van der Waals surface area (Å²) in [4.78, 5) is 29.4. The zero-order valence-corrected chi connectivity index (χ0v) is 14.7. The lowest BCUT2D eigenvalue weighted by Gasteiger charge is -2.27. The summed E-state index contributed by atoms with van der Waals surface area (Å²) < 4.78 is 41.4. The van der Waals surface area contributed by atoms with E-state index in [1.165, 1.54) is 0 Å². The molecule has 2 aromatic rings. The highest BCUT2D eigenvalue weighted by Crippen LogP contribution is 2.46. The molecule has 1 unspecified atom stereocenters. The van der Waals surface area contributed by atoms with Gasteiger partial charge in [-0.2, -0.15) is 18.3 Å². The molecule has 26 heavy (non-hydrogen) atoms. The van der Waals surface area contributed by atoms with Gasteiger partial charge in [0.05, 0.1) is 11.9 Å². The molecule has 1 fully saturated rings. The van der Waals surface area contributed by atoms with Gasteiger partial charge in [-0.15, -0.1) is 11.3 Å². The van der Waals surface area contributed by atoms with Crippen LogP contribution < -0.4 is 0 Å². The topological polar surface area (TPSA) is 88.3 Å². The van der Waals surface area contributed by atoms with Crippen LogP contribution in [0.2, 0.25) is 0 Å². The Morgan fingerprint density at radius 1 is 1.38 bits per heavy atom. The molecule has 1 N–H and O–H groups in total. The van der Waals surface area contributed by atoms with Crippen LogP contribution in [0.15, 0.2) is 12.4 Å². The lowest BCUT2D eigenvalue weighted by molar-refractivity contribution is -0.227. The van der Waals surface area contributed by atoms with Crippen LogP contribution in [-0.4, -0.2) is 55.9 Å². The van der Waals surface area contributed by atoms with Crippen molar-refractivity contribution in [2.24, 2.45) is 12.5 Å². The predicted octanol–water partition coefficient (Wildman–Crippen LogP) is 2.33. The molecule has 0 aliphatic carbocycles. The highest BCUT2D eigenvalue weighted by Gasteiger charge is 2.64. The minimum atomic E-state index is -4.93. The Kier molecular flexibility index (Phi) is 4.29. The van der Waals surface area contributed by atoms with Crippen LogP contribution in [0.25, 0.3) is 10.6 Å². The summed E-state index contributed by atoms with van der Waals surface area (Å²) in [5.41, 5.74) is -1.84. The van der Waals surface area contributed by atoms with Crippen molar-refractivity contribution >= 4 is 23.2 Å². The average Bonchev–Trinajstić information content (AvgIpc) is 3.23. The number of hydrogen-bond donors (Lipinski definition) is 1. The lowest BCUT2D eigenvalue weighted by Crippen LogP contribution is -2.47. The van der Waals surface area contributed by atoms with Crippen molar-refractivity contribution in [3.05, 3.63) is 23.0 Å². The first kappa shape index (κ1) is 18.4. The van der Waals surface area contributed by atoms with Crippen LogP contribution in [-0.2, 0) is 11.8 Å². The summed E-state index contributed by atoms with van der Waals surface area (Å²) in [6.07, 6.45) is -2.31. The van der Waals surface area contributed by atoms with E-state index in [0.29, 0.717) is 16.3 Å². The Morgan fingerprint density at radius 2 is 2.08 bits per heavy atom. The number of carbonyl (C=O) groups excluding carboxylic acids is 1. The van der Waals surface area contributed by atoms with Crippen LogP contribution in [0, 0.1) is 12.3 Å². The molecule has 0 radical (unpaired) electrons. The summed E-state index contributed by atoms with van der Waals surface area (Å²) in [5, 5.41) is 13.6. The Labute approximate surface area is 150 Å². The highest BCUT2D eigenvalue weighted by atomic mass is 32.1. The molecular weight excluding hydrogens is 373 g/mol. The minimum Gasteiger partial charge on any atom is -0.481 e. The van der Waals surface area contributed by atoms with Gasteiger partial charge in [-0.25, -0.2) is 4.98 Å². The van der Waals surface area contributed by atoms with Gasteiger partial charge in [0.25, 0.3) is 5.91 Å². The number of halogens is 3. The number of aliphatic carboxylic acids is 1. The SMILES string of the molecule is Cc1nc(-c2cnn(C)c2)sc1C(=O)N1CCC(C(=O)O)(C(F)(F)F)C1. The molecule has 11 heteroatoms. The maximum Gasteiger partial charge on any atom is 0.406 e. The number of rotatable bonds is 3. The fourth-order valence-corrected chi connectivity index (χ4v) is 3.91. The van der Waals surface area contributed by atoms with E-state index >= 15 is 0 Å². The number of hydrogen-bond acceptors (Lipinski definition) is 5. The second-order valence-electron chi connectivity index (χ2n) is 6.20. The number of carbonyl (C=O) groups is 2. The van der Waals surface area contributed by atoms with Crippen LogP contribution >= 0.6 is 11.3 Å². The Balaban J connectivity index is 1.87.